The highest BCUT2D eigenvalue weighted by Crippen LogP contribution is 2.29. The maximum Gasteiger partial charge on any atom is 0.405 e. The smallest absolute Gasteiger partial charge is 0.395 e. The van der Waals surface area contributed by atoms with Crippen molar-refractivity contribution in [3.05, 3.63) is 29.6 Å². The van der Waals surface area contributed by atoms with Crippen LogP contribution in [0.4, 0.5) is 23.2 Å². The van der Waals surface area contributed by atoms with Gasteiger partial charge in [-0.25, -0.2) is 4.39 Å². The Morgan fingerprint density at radius 3 is 2.50 bits per heavy atom. The van der Waals surface area contributed by atoms with Crippen molar-refractivity contribution < 1.29 is 22.7 Å². The zero-order valence-corrected chi connectivity index (χ0v) is 11.3. The summed E-state index contributed by atoms with van der Waals surface area (Å²) < 4.78 is 51.1. The molecule has 0 aliphatic rings. The fourth-order valence-electron chi connectivity index (χ4n) is 1.94. The van der Waals surface area contributed by atoms with E-state index in [1.165, 1.54) is 12.1 Å². The van der Waals surface area contributed by atoms with Gasteiger partial charge in [0.2, 0.25) is 0 Å². The van der Waals surface area contributed by atoms with Gasteiger partial charge < -0.3 is 15.3 Å². The minimum Gasteiger partial charge on any atom is -0.395 e. The first-order valence-corrected chi connectivity index (χ1v) is 6.17. The minimum atomic E-state index is -4.40. The van der Waals surface area contributed by atoms with Crippen LogP contribution in [0.25, 0.3) is 0 Å². The number of rotatable bonds is 6. The molecule has 0 bridgehead atoms. The number of hydrogen-bond donors (Lipinski definition) is 2. The molecule has 1 rings (SSSR count). The van der Waals surface area contributed by atoms with Crippen LogP contribution in [0.1, 0.15) is 18.5 Å². The number of nitrogens with one attached hydrogen (secondary N) is 1. The molecular formula is C13H18F4N2O. The van der Waals surface area contributed by atoms with Crippen molar-refractivity contribution in [1.82, 2.24) is 5.32 Å². The van der Waals surface area contributed by atoms with Crippen LogP contribution >= 0.6 is 0 Å². The molecule has 0 aliphatic heterocycles. The molecule has 2 N–H and O–H groups in total. The molecule has 0 heterocycles. The van der Waals surface area contributed by atoms with E-state index in [0.29, 0.717) is 5.56 Å². The van der Waals surface area contributed by atoms with Gasteiger partial charge in [0.15, 0.2) is 0 Å². The Labute approximate surface area is 115 Å². The van der Waals surface area contributed by atoms with Crippen molar-refractivity contribution in [2.75, 3.05) is 31.6 Å². The highest BCUT2D eigenvalue weighted by atomic mass is 19.4. The fraction of sp³-hybridized carbons (Fsp3) is 0.538. The third kappa shape index (κ3) is 4.64. The molecule has 3 nitrogen and oxygen atoms in total. The zero-order chi connectivity index (χ0) is 15.3. The maximum atomic E-state index is 13.3. The number of halogens is 4. The summed E-state index contributed by atoms with van der Waals surface area (Å²) in [6.45, 7) is -0.0545. The lowest BCUT2D eigenvalue weighted by Crippen LogP contribution is -2.37. The van der Waals surface area contributed by atoms with Crippen LogP contribution in [0.3, 0.4) is 0 Å². The zero-order valence-electron chi connectivity index (χ0n) is 11.3. The molecule has 0 saturated carbocycles. The summed E-state index contributed by atoms with van der Waals surface area (Å²) in [5.41, 5.74) is 0.685. The van der Waals surface area contributed by atoms with E-state index in [-0.39, 0.29) is 18.3 Å². The van der Waals surface area contributed by atoms with Crippen molar-refractivity contribution in [3.8, 4) is 0 Å². The number of nitrogens with zero attached hydrogens (tertiary/aromatic N) is 1. The van der Waals surface area contributed by atoms with E-state index in [4.69, 9.17) is 5.11 Å². The van der Waals surface area contributed by atoms with E-state index < -0.39 is 25.1 Å². The van der Waals surface area contributed by atoms with E-state index in [9.17, 15) is 17.6 Å². The molecule has 1 aromatic rings. The predicted octanol–water partition coefficient (Wildman–Crippen LogP) is 2.47. The number of alkyl halides is 3. The van der Waals surface area contributed by atoms with Gasteiger partial charge in [-0.05, 0) is 37.7 Å². The average molecular weight is 294 g/mol. The SMILES string of the molecule is CNC(C)c1cc(F)ccc1N(CCO)CC(F)(F)F. The van der Waals surface area contributed by atoms with Crippen LogP contribution in [0.5, 0.6) is 0 Å². The average Bonchev–Trinajstić information content (AvgIpc) is 2.35. The summed E-state index contributed by atoms with van der Waals surface area (Å²) in [4.78, 5) is 1.00. The summed E-state index contributed by atoms with van der Waals surface area (Å²) in [7, 11) is 1.64. The van der Waals surface area contributed by atoms with Gasteiger partial charge in [0.05, 0.1) is 6.61 Å². The Kier molecular flexibility index (Phi) is 5.76. The van der Waals surface area contributed by atoms with Crippen molar-refractivity contribution >= 4 is 5.69 Å². The number of anilines is 1. The Bertz CT molecular complexity index is 437. The van der Waals surface area contributed by atoms with Crippen LogP contribution in [0.2, 0.25) is 0 Å². The van der Waals surface area contributed by atoms with Gasteiger partial charge >= 0.3 is 6.18 Å². The summed E-state index contributed by atoms with van der Waals surface area (Å²) in [6, 6.07) is 3.31. The number of benzene rings is 1. The van der Waals surface area contributed by atoms with Gasteiger partial charge in [0, 0.05) is 18.3 Å². The Morgan fingerprint density at radius 1 is 1.35 bits per heavy atom. The van der Waals surface area contributed by atoms with Crippen LogP contribution in [-0.2, 0) is 0 Å². The van der Waals surface area contributed by atoms with E-state index >= 15 is 0 Å². The molecule has 0 aromatic heterocycles. The lowest BCUT2D eigenvalue weighted by atomic mass is 10.0. The lowest BCUT2D eigenvalue weighted by molar-refractivity contribution is -0.119. The molecule has 0 amide bonds. The van der Waals surface area contributed by atoms with E-state index in [1.54, 1.807) is 14.0 Å². The number of aliphatic hydroxyl groups is 1. The third-order valence-corrected chi connectivity index (χ3v) is 2.97. The molecule has 1 atom stereocenters. The summed E-state index contributed by atoms with van der Waals surface area (Å²) in [5.74, 6) is -0.512. The normalized spacial score (nSPS) is 13.3. The topological polar surface area (TPSA) is 35.5 Å². The second-order valence-corrected chi connectivity index (χ2v) is 4.47. The molecular weight excluding hydrogens is 276 g/mol. The van der Waals surface area contributed by atoms with Crippen LogP contribution < -0.4 is 10.2 Å². The molecule has 0 radical (unpaired) electrons. The number of aliphatic hydroxyl groups excluding tert-OH is 1. The monoisotopic (exact) mass is 294 g/mol. The van der Waals surface area contributed by atoms with Crippen LogP contribution in [-0.4, -0.2) is 38.0 Å². The van der Waals surface area contributed by atoms with E-state index in [2.05, 4.69) is 5.32 Å². The molecule has 0 spiro atoms. The van der Waals surface area contributed by atoms with Crippen molar-refractivity contribution in [2.24, 2.45) is 0 Å². The molecule has 7 heteroatoms. The molecule has 0 fully saturated rings. The van der Waals surface area contributed by atoms with E-state index in [0.717, 1.165) is 11.0 Å². The predicted molar refractivity (Wildman–Crippen MR) is 69.2 cm³/mol. The van der Waals surface area contributed by atoms with Gasteiger partial charge in [0.25, 0.3) is 0 Å². The van der Waals surface area contributed by atoms with Gasteiger partial charge in [-0.3, -0.25) is 0 Å². The third-order valence-electron chi connectivity index (χ3n) is 2.97. The van der Waals surface area contributed by atoms with Gasteiger partial charge in [-0.2, -0.15) is 13.2 Å². The summed E-state index contributed by atoms with van der Waals surface area (Å²) in [6.07, 6.45) is -4.40. The first-order chi connectivity index (χ1) is 9.28. The lowest BCUT2D eigenvalue weighted by Gasteiger charge is -2.29. The Hall–Kier alpha value is -1.34. The second kappa shape index (κ2) is 6.90. The highest BCUT2D eigenvalue weighted by Gasteiger charge is 2.31. The second-order valence-electron chi connectivity index (χ2n) is 4.47. The quantitative estimate of drug-likeness (QED) is 0.791. The van der Waals surface area contributed by atoms with Crippen molar-refractivity contribution in [3.63, 3.8) is 0 Å². The largest absolute Gasteiger partial charge is 0.405 e. The van der Waals surface area contributed by atoms with Gasteiger partial charge in [-0.15, -0.1) is 0 Å². The van der Waals surface area contributed by atoms with Crippen LogP contribution in [0, 0.1) is 5.82 Å². The number of hydrogen-bond acceptors (Lipinski definition) is 3. The highest BCUT2D eigenvalue weighted by molar-refractivity contribution is 5.55. The fourth-order valence-corrected chi connectivity index (χ4v) is 1.94. The first kappa shape index (κ1) is 16.7. The van der Waals surface area contributed by atoms with Crippen LogP contribution in [0.15, 0.2) is 18.2 Å². The van der Waals surface area contributed by atoms with Crippen molar-refractivity contribution in [1.29, 1.82) is 0 Å². The summed E-state index contributed by atoms with van der Waals surface area (Å²) >= 11 is 0. The standard InChI is InChI=1S/C13H18F4N2O/c1-9(18-2)11-7-10(14)3-4-12(11)19(5-6-20)8-13(15,16)17/h3-4,7,9,18,20H,5-6,8H2,1-2H3. The maximum absolute atomic E-state index is 13.3. The molecule has 0 aliphatic carbocycles. The molecule has 114 valence electrons. The minimum absolute atomic E-state index is 0.172. The Morgan fingerprint density at radius 2 is 2.00 bits per heavy atom. The van der Waals surface area contributed by atoms with E-state index in [1.807, 2.05) is 0 Å². The first-order valence-electron chi connectivity index (χ1n) is 6.17. The summed E-state index contributed by atoms with van der Waals surface area (Å²) in [5, 5.41) is 11.8. The molecule has 0 saturated heterocycles. The molecule has 1 unspecified atom stereocenters. The van der Waals surface area contributed by atoms with Gasteiger partial charge in [0.1, 0.15) is 12.4 Å². The van der Waals surface area contributed by atoms with Gasteiger partial charge in [-0.1, -0.05) is 0 Å². The van der Waals surface area contributed by atoms with Crippen molar-refractivity contribution in [2.45, 2.75) is 19.1 Å². The Balaban J connectivity index is 3.18. The molecule has 20 heavy (non-hydrogen) atoms. The molecule has 1 aromatic carbocycles.